The van der Waals surface area contributed by atoms with Crippen molar-refractivity contribution in [2.75, 3.05) is 0 Å². The number of hydrogen-bond acceptors (Lipinski definition) is 5. The van der Waals surface area contributed by atoms with Gasteiger partial charge < -0.3 is 4.57 Å². The van der Waals surface area contributed by atoms with E-state index in [0.717, 1.165) is 11.6 Å². The zero-order chi connectivity index (χ0) is 10.6. The van der Waals surface area contributed by atoms with Crippen molar-refractivity contribution in [2.45, 2.75) is 13.8 Å². The summed E-state index contributed by atoms with van der Waals surface area (Å²) >= 11 is 0. The molecule has 2 heterocycles. The molecule has 0 aliphatic heterocycles. The third kappa shape index (κ3) is 2.61. The van der Waals surface area contributed by atoms with Crippen molar-refractivity contribution >= 4 is 0 Å². The molecule has 0 spiro atoms. The van der Waals surface area contributed by atoms with Crippen molar-refractivity contribution in [3.8, 4) is 0 Å². The molecule has 2 aromatic rings. The molecule has 0 N–H and O–H groups in total. The molecule has 0 atom stereocenters. The Kier molecular flexibility index (Phi) is 3.27. The van der Waals surface area contributed by atoms with Gasteiger partial charge in [-0.15, -0.1) is 15.3 Å². The molecular formula is C7H13N7. The second kappa shape index (κ2) is 4.45. The molecule has 7 nitrogen and oxygen atoms in total. The summed E-state index contributed by atoms with van der Waals surface area (Å²) < 4.78 is 3.47. The SMILES string of the molecule is Cc1nncn1C.Cc1nnnn1C. The van der Waals surface area contributed by atoms with Crippen LogP contribution in [0.2, 0.25) is 0 Å². The van der Waals surface area contributed by atoms with Gasteiger partial charge in [0.25, 0.3) is 0 Å². The van der Waals surface area contributed by atoms with Crippen LogP contribution >= 0.6 is 0 Å². The van der Waals surface area contributed by atoms with Crippen molar-refractivity contribution in [1.82, 2.24) is 35.0 Å². The van der Waals surface area contributed by atoms with E-state index >= 15 is 0 Å². The minimum atomic E-state index is 0.833. The maximum Gasteiger partial charge on any atom is 0.147 e. The molecule has 0 bridgehead atoms. The average Bonchev–Trinajstić information content (AvgIpc) is 2.67. The van der Waals surface area contributed by atoms with Crippen LogP contribution in [0.25, 0.3) is 0 Å². The molecule has 2 rings (SSSR count). The van der Waals surface area contributed by atoms with E-state index in [9.17, 15) is 0 Å². The summed E-state index contributed by atoms with van der Waals surface area (Å²) in [6.07, 6.45) is 1.68. The molecule has 0 aromatic carbocycles. The van der Waals surface area contributed by atoms with Crippen molar-refractivity contribution < 1.29 is 0 Å². The Morgan fingerprint density at radius 3 is 1.93 bits per heavy atom. The molecule has 0 unspecified atom stereocenters. The van der Waals surface area contributed by atoms with Gasteiger partial charge in [0, 0.05) is 14.1 Å². The first-order valence-corrected chi connectivity index (χ1v) is 4.11. The molecule has 76 valence electrons. The summed E-state index contributed by atoms with van der Waals surface area (Å²) in [5, 5.41) is 17.9. The Bertz CT molecular complexity index is 317. The predicted molar refractivity (Wildman–Crippen MR) is 49.3 cm³/mol. The standard InChI is InChI=1S/C4H7N3.C3H6N4/c1-4-6-5-3-7(4)2;1-3-4-5-6-7(3)2/h3H,1-2H3;1-2H3. The Labute approximate surface area is 81.8 Å². The summed E-state index contributed by atoms with van der Waals surface area (Å²) in [6, 6.07) is 0. The largest absolute Gasteiger partial charge is 0.321 e. The van der Waals surface area contributed by atoms with Crippen LogP contribution in [0.3, 0.4) is 0 Å². The first kappa shape index (κ1) is 10.3. The monoisotopic (exact) mass is 195 g/mol. The summed E-state index contributed by atoms with van der Waals surface area (Å²) in [6.45, 7) is 3.76. The fraction of sp³-hybridized carbons (Fsp3) is 0.571. The number of rotatable bonds is 0. The average molecular weight is 195 g/mol. The van der Waals surface area contributed by atoms with E-state index in [1.54, 1.807) is 18.1 Å². The molecular weight excluding hydrogens is 182 g/mol. The van der Waals surface area contributed by atoms with Gasteiger partial charge in [0.2, 0.25) is 0 Å². The molecule has 0 aliphatic rings. The second-order valence-corrected chi connectivity index (χ2v) is 2.84. The van der Waals surface area contributed by atoms with Crippen molar-refractivity contribution in [3.63, 3.8) is 0 Å². The van der Waals surface area contributed by atoms with Crippen LogP contribution in [0.5, 0.6) is 0 Å². The summed E-state index contributed by atoms with van der Waals surface area (Å²) in [4.78, 5) is 0. The highest BCUT2D eigenvalue weighted by Gasteiger charge is 1.87. The lowest BCUT2D eigenvalue weighted by atomic mass is 10.7. The quantitative estimate of drug-likeness (QED) is 0.574. The number of aryl methyl sites for hydroxylation is 4. The van der Waals surface area contributed by atoms with Gasteiger partial charge in [-0.05, 0) is 24.3 Å². The summed E-state index contributed by atoms with van der Waals surface area (Å²) in [5.74, 6) is 1.78. The van der Waals surface area contributed by atoms with Crippen LogP contribution < -0.4 is 0 Å². The third-order valence-electron chi connectivity index (χ3n) is 1.77. The van der Waals surface area contributed by atoms with Crippen LogP contribution in [0.1, 0.15) is 11.6 Å². The zero-order valence-corrected chi connectivity index (χ0v) is 8.71. The van der Waals surface area contributed by atoms with E-state index < -0.39 is 0 Å². The summed E-state index contributed by atoms with van der Waals surface area (Å²) in [5.41, 5.74) is 0. The van der Waals surface area contributed by atoms with Crippen LogP contribution in [0.15, 0.2) is 6.33 Å². The Balaban J connectivity index is 0.000000140. The maximum absolute atomic E-state index is 3.73. The van der Waals surface area contributed by atoms with Gasteiger partial charge >= 0.3 is 0 Å². The predicted octanol–water partition coefficient (Wildman–Crippen LogP) is -0.358. The molecule has 0 radical (unpaired) electrons. The van der Waals surface area contributed by atoms with Gasteiger partial charge in [0.1, 0.15) is 18.0 Å². The summed E-state index contributed by atoms with van der Waals surface area (Å²) in [7, 11) is 3.71. The molecule has 0 fully saturated rings. The highest BCUT2D eigenvalue weighted by molar-refractivity contribution is 4.76. The van der Waals surface area contributed by atoms with Crippen LogP contribution in [0, 0.1) is 13.8 Å². The Morgan fingerprint density at radius 1 is 1.07 bits per heavy atom. The molecule has 2 aromatic heterocycles. The number of tetrazole rings is 1. The first-order valence-electron chi connectivity index (χ1n) is 4.11. The molecule has 0 saturated heterocycles. The Morgan fingerprint density at radius 2 is 1.79 bits per heavy atom. The van der Waals surface area contributed by atoms with E-state index in [1.807, 2.05) is 25.5 Å². The molecule has 0 amide bonds. The Hall–Kier alpha value is -1.79. The first-order chi connectivity index (χ1) is 6.61. The third-order valence-corrected chi connectivity index (χ3v) is 1.77. The fourth-order valence-electron chi connectivity index (χ4n) is 0.615. The van der Waals surface area contributed by atoms with Gasteiger partial charge in [0.15, 0.2) is 0 Å². The van der Waals surface area contributed by atoms with E-state index in [4.69, 9.17) is 0 Å². The van der Waals surface area contributed by atoms with E-state index in [-0.39, 0.29) is 0 Å². The van der Waals surface area contributed by atoms with Gasteiger partial charge in [-0.1, -0.05) is 0 Å². The number of hydrogen-bond donors (Lipinski definition) is 0. The van der Waals surface area contributed by atoms with Crippen molar-refractivity contribution in [3.05, 3.63) is 18.0 Å². The highest BCUT2D eigenvalue weighted by Crippen LogP contribution is 1.82. The normalized spacial score (nSPS) is 9.43. The highest BCUT2D eigenvalue weighted by atomic mass is 15.5. The van der Waals surface area contributed by atoms with Crippen LogP contribution in [-0.4, -0.2) is 35.0 Å². The zero-order valence-electron chi connectivity index (χ0n) is 8.71. The maximum atomic E-state index is 3.73. The van der Waals surface area contributed by atoms with Gasteiger partial charge in [-0.2, -0.15) is 0 Å². The van der Waals surface area contributed by atoms with E-state index in [1.165, 1.54) is 0 Å². The van der Waals surface area contributed by atoms with Gasteiger partial charge in [-0.3, -0.25) is 0 Å². The lowest BCUT2D eigenvalue weighted by Crippen LogP contribution is -1.92. The molecule has 0 aliphatic carbocycles. The van der Waals surface area contributed by atoms with Crippen molar-refractivity contribution in [2.24, 2.45) is 14.1 Å². The lowest BCUT2D eigenvalue weighted by Gasteiger charge is -1.84. The fourth-order valence-corrected chi connectivity index (χ4v) is 0.615. The number of nitrogens with zero attached hydrogens (tertiary/aromatic N) is 7. The number of aromatic nitrogens is 7. The van der Waals surface area contributed by atoms with Gasteiger partial charge in [0.05, 0.1) is 0 Å². The molecule has 7 heteroatoms. The molecule has 0 saturated carbocycles. The van der Waals surface area contributed by atoms with Crippen LogP contribution in [-0.2, 0) is 14.1 Å². The topological polar surface area (TPSA) is 74.3 Å². The van der Waals surface area contributed by atoms with E-state index in [0.29, 0.717) is 0 Å². The minimum absolute atomic E-state index is 0.833. The lowest BCUT2D eigenvalue weighted by molar-refractivity contribution is 0.695. The second-order valence-electron chi connectivity index (χ2n) is 2.84. The minimum Gasteiger partial charge on any atom is -0.321 e. The van der Waals surface area contributed by atoms with E-state index in [2.05, 4.69) is 25.7 Å². The van der Waals surface area contributed by atoms with Crippen molar-refractivity contribution in [1.29, 1.82) is 0 Å². The van der Waals surface area contributed by atoms with Gasteiger partial charge in [-0.25, -0.2) is 4.68 Å². The molecule has 14 heavy (non-hydrogen) atoms. The van der Waals surface area contributed by atoms with Crippen LogP contribution in [0.4, 0.5) is 0 Å². The smallest absolute Gasteiger partial charge is 0.147 e.